The van der Waals surface area contributed by atoms with Gasteiger partial charge in [0.2, 0.25) is 15.9 Å². The number of piperazine rings is 1. The number of carbonyl (C=O) groups excluding carboxylic acids is 1. The Kier molecular flexibility index (Phi) is 6.06. The number of carbonyl (C=O) groups is 1. The van der Waals surface area contributed by atoms with Crippen LogP contribution >= 0.6 is 0 Å². The lowest BCUT2D eigenvalue weighted by Gasteiger charge is -2.33. The van der Waals surface area contributed by atoms with Gasteiger partial charge in [-0.05, 0) is 35.0 Å². The molecule has 0 unspecified atom stereocenters. The monoisotopic (exact) mass is 436 g/mol. The maximum Gasteiger partial charge on any atom is 0.246 e. The van der Waals surface area contributed by atoms with E-state index >= 15 is 0 Å². The minimum Gasteiger partial charge on any atom is -0.496 e. The summed E-state index contributed by atoms with van der Waals surface area (Å²) in [6.45, 7) is 1.23. The average Bonchev–Trinajstić information content (AvgIpc) is 2.82. The summed E-state index contributed by atoms with van der Waals surface area (Å²) in [5, 5.41) is 1.89. The van der Waals surface area contributed by atoms with Gasteiger partial charge in [-0.3, -0.25) is 4.79 Å². The van der Waals surface area contributed by atoms with Gasteiger partial charge in [0.15, 0.2) is 0 Å². The van der Waals surface area contributed by atoms with Crippen LogP contribution in [-0.4, -0.2) is 56.8 Å². The summed E-state index contributed by atoms with van der Waals surface area (Å²) < 4.78 is 32.9. The molecule has 3 aromatic rings. The molecule has 6 nitrogen and oxygen atoms in total. The van der Waals surface area contributed by atoms with Gasteiger partial charge in [0.05, 0.1) is 12.0 Å². The minimum absolute atomic E-state index is 0.145. The van der Waals surface area contributed by atoms with Crippen molar-refractivity contribution < 1.29 is 17.9 Å². The highest BCUT2D eigenvalue weighted by molar-refractivity contribution is 7.89. The lowest BCUT2D eigenvalue weighted by molar-refractivity contribution is -0.127. The van der Waals surface area contributed by atoms with E-state index in [1.54, 1.807) is 30.2 Å². The van der Waals surface area contributed by atoms with Crippen molar-refractivity contribution >= 4 is 32.8 Å². The Morgan fingerprint density at radius 3 is 2.32 bits per heavy atom. The number of benzene rings is 3. The third kappa shape index (κ3) is 4.47. The van der Waals surface area contributed by atoms with Crippen LogP contribution in [-0.2, 0) is 14.8 Å². The Morgan fingerprint density at radius 1 is 0.903 bits per heavy atom. The molecule has 0 N–H and O–H groups in total. The number of amides is 1. The molecule has 1 saturated heterocycles. The molecule has 1 heterocycles. The lowest BCUT2D eigenvalue weighted by atomic mass is 10.1. The van der Waals surface area contributed by atoms with Gasteiger partial charge in [0.1, 0.15) is 5.75 Å². The van der Waals surface area contributed by atoms with Crippen LogP contribution in [0.15, 0.2) is 77.7 Å². The fourth-order valence-corrected chi connectivity index (χ4v) is 5.15. The maximum absolute atomic E-state index is 13.1. The number of methoxy groups -OCH3 is 1. The molecule has 3 aromatic carbocycles. The quantitative estimate of drug-likeness (QED) is 0.575. The number of rotatable bonds is 5. The van der Waals surface area contributed by atoms with Crippen LogP contribution in [0.5, 0.6) is 5.75 Å². The van der Waals surface area contributed by atoms with E-state index in [2.05, 4.69) is 0 Å². The van der Waals surface area contributed by atoms with Crippen LogP contribution in [0, 0.1) is 0 Å². The average molecular weight is 437 g/mol. The van der Waals surface area contributed by atoms with Crippen molar-refractivity contribution in [1.29, 1.82) is 0 Å². The molecular weight excluding hydrogens is 412 g/mol. The lowest BCUT2D eigenvalue weighted by Crippen LogP contribution is -2.50. The van der Waals surface area contributed by atoms with Crippen molar-refractivity contribution in [3.8, 4) is 5.75 Å². The first-order valence-corrected chi connectivity index (χ1v) is 11.5. The van der Waals surface area contributed by atoms with E-state index in [0.29, 0.717) is 18.8 Å². The highest BCUT2D eigenvalue weighted by Gasteiger charge is 2.29. The number of fused-ring (bicyclic) bond motifs is 1. The molecular formula is C24H24N2O4S. The van der Waals surface area contributed by atoms with Crippen molar-refractivity contribution in [3.63, 3.8) is 0 Å². The number of hydrogen-bond acceptors (Lipinski definition) is 4. The molecule has 0 radical (unpaired) electrons. The Hall–Kier alpha value is -3.16. The fourth-order valence-electron chi connectivity index (χ4n) is 3.70. The van der Waals surface area contributed by atoms with Crippen LogP contribution < -0.4 is 4.74 Å². The molecule has 1 fully saturated rings. The van der Waals surface area contributed by atoms with Crippen molar-refractivity contribution in [1.82, 2.24) is 9.21 Å². The van der Waals surface area contributed by atoms with E-state index < -0.39 is 10.0 Å². The summed E-state index contributed by atoms with van der Waals surface area (Å²) >= 11 is 0. The standard InChI is InChI=1S/C24H24N2O4S/c1-30-23-9-5-4-7-20(23)11-13-24(27)25-14-16-26(17-15-25)31(28,29)22-12-10-19-6-2-3-8-21(19)18-22/h2-13,18H,14-17H2,1H3/b13-11+. The normalized spacial score (nSPS) is 15.5. The van der Waals surface area contributed by atoms with Gasteiger partial charge in [0.25, 0.3) is 0 Å². The zero-order chi connectivity index (χ0) is 21.8. The van der Waals surface area contributed by atoms with E-state index in [-0.39, 0.29) is 23.9 Å². The predicted octanol–water partition coefficient (Wildman–Crippen LogP) is 3.39. The topological polar surface area (TPSA) is 66.9 Å². The second-order valence-electron chi connectivity index (χ2n) is 7.31. The third-order valence-electron chi connectivity index (χ3n) is 5.45. The summed E-state index contributed by atoms with van der Waals surface area (Å²) in [7, 11) is -2.02. The van der Waals surface area contributed by atoms with Crippen LogP contribution in [0.25, 0.3) is 16.8 Å². The van der Waals surface area contributed by atoms with E-state index in [1.807, 2.05) is 54.6 Å². The first-order valence-electron chi connectivity index (χ1n) is 10.1. The zero-order valence-electron chi connectivity index (χ0n) is 17.3. The Labute approximate surface area is 182 Å². The second kappa shape index (κ2) is 8.91. The molecule has 1 aliphatic rings. The molecule has 0 spiro atoms. The van der Waals surface area contributed by atoms with Gasteiger partial charge in [0, 0.05) is 37.8 Å². The van der Waals surface area contributed by atoms with Gasteiger partial charge in [-0.25, -0.2) is 8.42 Å². The third-order valence-corrected chi connectivity index (χ3v) is 7.35. The molecule has 1 amide bonds. The maximum atomic E-state index is 13.1. The number of ether oxygens (including phenoxy) is 1. The molecule has 1 aliphatic heterocycles. The fraction of sp³-hybridized carbons (Fsp3) is 0.208. The van der Waals surface area contributed by atoms with E-state index in [9.17, 15) is 13.2 Å². The summed E-state index contributed by atoms with van der Waals surface area (Å²) in [5.74, 6) is 0.548. The van der Waals surface area contributed by atoms with Crippen molar-refractivity contribution in [2.24, 2.45) is 0 Å². The number of hydrogen-bond donors (Lipinski definition) is 0. The van der Waals surface area contributed by atoms with Crippen LogP contribution in [0.3, 0.4) is 0 Å². The molecule has 0 bridgehead atoms. The summed E-state index contributed by atoms with van der Waals surface area (Å²) in [6, 6.07) is 20.3. The van der Waals surface area contributed by atoms with Gasteiger partial charge in [-0.1, -0.05) is 48.5 Å². The molecule has 7 heteroatoms. The van der Waals surface area contributed by atoms with E-state index in [0.717, 1.165) is 16.3 Å². The smallest absolute Gasteiger partial charge is 0.246 e. The SMILES string of the molecule is COc1ccccc1/C=C/C(=O)N1CCN(S(=O)(=O)c2ccc3ccccc3c2)CC1. The first-order chi connectivity index (χ1) is 15.0. The van der Waals surface area contributed by atoms with Crippen molar-refractivity contribution in [2.45, 2.75) is 4.90 Å². The summed E-state index contributed by atoms with van der Waals surface area (Å²) in [4.78, 5) is 14.5. The van der Waals surface area contributed by atoms with Crippen molar-refractivity contribution in [2.75, 3.05) is 33.3 Å². The largest absolute Gasteiger partial charge is 0.496 e. The highest BCUT2D eigenvalue weighted by atomic mass is 32.2. The molecule has 0 atom stereocenters. The van der Waals surface area contributed by atoms with Crippen molar-refractivity contribution in [3.05, 3.63) is 78.4 Å². The predicted molar refractivity (Wildman–Crippen MR) is 121 cm³/mol. The Balaban J connectivity index is 1.42. The number of sulfonamides is 1. The van der Waals surface area contributed by atoms with Crippen LogP contribution in [0.1, 0.15) is 5.56 Å². The van der Waals surface area contributed by atoms with Crippen LogP contribution in [0.2, 0.25) is 0 Å². The second-order valence-corrected chi connectivity index (χ2v) is 9.25. The van der Waals surface area contributed by atoms with Gasteiger partial charge < -0.3 is 9.64 Å². The summed E-state index contributed by atoms with van der Waals surface area (Å²) in [5.41, 5.74) is 0.816. The molecule has 4 rings (SSSR count). The number of nitrogens with zero attached hydrogens (tertiary/aromatic N) is 2. The Bertz CT molecular complexity index is 1230. The Morgan fingerprint density at radius 2 is 1.58 bits per heavy atom. The minimum atomic E-state index is -3.61. The van der Waals surface area contributed by atoms with Crippen LogP contribution in [0.4, 0.5) is 0 Å². The number of para-hydroxylation sites is 1. The van der Waals surface area contributed by atoms with Gasteiger partial charge in [-0.2, -0.15) is 4.31 Å². The highest BCUT2D eigenvalue weighted by Crippen LogP contribution is 2.23. The molecule has 0 aromatic heterocycles. The van der Waals surface area contributed by atoms with E-state index in [1.165, 1.54) is 10.4 Å². The van der Waals surface area contributed by atoms with Gasteiger partial charge in [-0.15, -0.1) is 0 Å². The zero-order valence-corrected chi connectivity index (χ0v) is 18.1. The summed E-state index contributed by atoms with van der Waals surface area (Å²) in [6.07, 6.45) is 3.23. The molecule has 31 heavy (non-hydrogen) atoms. The molecule has 160 valence electrons. The molecule has 0 saturated carbocycles. The molecule has 0 aliphatic carbocycles. The van der Waals surface area contributed by atoms with Gasteiger partial charge >= 0.3 is 0 Å². The van der Waals surface area contributed by atoms with E-state index in [4.69, 9.17) is 4.74 Å². The first kappa shape index (κ1) is 21.1.